The van der Waals surface area contributed by atoms with E-state index in [0.717, 1.165) is 0 Å². The normalized spacial score (nSPS) is 9.00. The summed E-state index contributed by atoms with van der Waals surface area (Å²) in [6, 6.07) is 0.0995. The summed E-state index contributed by atoms with van der Waals surface area (Å²) in [6.07, 6.45) is 0. The molecule has 7 heteroatoms. The fourth-order valence-corrected chi connectivity index (χ4v) is 0.715. The molecule has 7 nitrogen and oxygen atoms in total. The van der Waals surface area contributed by atoms with Crippen LogP contribution in [0.15, 0.2) is 0 Å². The Hall–Kier alpha value is -1.63. The zero-order valence-electron chi connectivity index (χ0n) is 9.94. The van der Waals surface area contributed by atoms with E-state index in [0.29, 0.717) is 13.2 Å². The Labute approximate surface area is 94.1 Å². The van der Waals surface area contributed by atoms with Gasteiger partial charge in [-0.05, 0) is 0 Å². The van der Waals surface area contributed by atoms with E-state index < -0.39 is 5.97 Å². The molecule has 0 spiro atoms. The molecule has 0 atom stereocenters. The molecule has 0 amide bonds. The molecule has 1 aromatic rings. The number of esters is 1. The molecule has 0 saturated heterocycles. The third-order valence-electron chi connectivity index (χ3n) is 1.36. The minimum Gasteiger partial charge on any atom is -0.463 e. The van der Waals surface area contributed by atoms with Crippen LogP contribution in [0.1, 0.15) is 24.5 Å². The van der Waals surface area contributed by atoms with Gasteiger partial charge in [0.25, 0.3) is 0 Å². The van der Waals surface area contributed by atoms with Crippen LogP contribution in [-0.4, -0.2) is 48.6 Å². The van der Waals surface area contributed by atoms with E-state index in [9.17, 15) is 4.79 Å². The standard InChI is InChI=1S/C7H11N3O4.C2H6/c1-12-3-4-14-7-8-5(9-10-7)6(11)13-2;1-2/h3-4H2,1-2H3,(H,8,9,10);1-2H3. The molecule has 1 heterocycles. The summed E-state index contributed by atoms with van der Waals surface area (Å²) in [5.41, 5.74) is 0. The number of hydrogen-bond donors (Lipinski definition) is 1. The van der Waals surface area contributed by atoms with Crippen LogP contribution in [-0.2, 0) is 9.47 Å². The van der Waals surface area contributed by atoms with E-state index in [1.54, 1.807) is 7.11 Å². The molecule has 0 aromatic carbocycles. The van der Waals surface area contributed by atoms with Crippen LogP contribution in [0.5, 0.6) is 6.01 Å². The van der Waals surface area contributed by atoms with Crippen molar-refractivity contribution in [2.75, 3.05) is 27.4 Å². The number of carbonyl (C=O) groups is 1. The molecule has 1 N–H and O–H groups in total. The van der Waals surface area contributed by atoms with E-state index in [2.05, 4.69) is 19.9 Å². The van der Waals surface area contributed by atoms with Crippen molar-refractivity contribution in [2.45, 2.75) is 13.8 Å². The van der Waals surface area contributed by atoms with Crippen molar-refractivity contribution >= 4 is 5.97 Å². The zero-order chi connectivity index (χ0) is 12.4. The van der Waals surface area contributed by atoms with E-state index >= 15 is 0 Å². The minimum absolute atomic E-state index is 0.0138. The second-order valence-electron chi connectivity index (χ2n) is 2.30. The Bertz CT molecular complexity index is 301. The van der Waals surface area contributed by atoms with E-state index in [-0.39, 0.29) is 11.8 Å². The van der Waals surface area contributed by atoms with Gasteiger partial charge in [0.1, 0.15) is 6.61 Å². The summed E-state index contributed by atoms with van der Waals surface area (Å²) in [6.45, 7) is 4.76. The molecule has 0 aliphatic carbocycles. The van der Waals surface area contributed by atoms with Crippen LogP contribution in [0.2, 0.25) is 0 Å². The molecule has 1 aromatic heterocycles. The third kappa shape index (κ3) is 4.74. The maximum absolute atomic E-state index is 10.9. The van der Waals surface area contributed by atoms with Crippen molar-refractivity contribution in [3.63, 3.8) is 0 Å². The Morgan fingerprint density at radius 3 is 2.56 bits per heavy atom. The maximum atomic E-state index is 10.9. The minimum atomic E-state index is -0.584. The molecular formula is C9H17N3O4. The van der Waals surface area contributed by atoms with Gasteiger partial charge >= 0.3 is 12.0 Å². The summed E-state index contributed by atoms with van der Waals surface area (Å²) in [5, 5.41) is 6.02. The maximum Gasteiger partial charge on any atom is 0.375 e. The highest BCUT2D eigenvalue weighted by Crippen LogP contribution is 2.01. The largest absolute Gasteiger partial charge is 0.463 e. The first-order valence-electron chi connectivity index (χ1n) is 4.90. The van der Waals surface area contributed by atoms with Crippen molar-refractivity contribution in [2.24, 2.45) is 0 Å². The highest BCUT2D eigenvalue weighted by atomic mass is 16.5. The van der Waals surface area contributed by atoms with Crippen LogP contribution >= 0.6 is 0 Å². The quantitative estimate of drug-likeness (QED) is 0.591. The Balaban J connectivity index is 0.00000106. The molecule has 0 bridgehead atoms. The highest BCUT2D eigenvalue weighted by molar-refractivity contribution is 5.84. The van der Waals surface area contributed by atoms with E-state index in [1.807, 2.05) is 13.8 Å². The second kappa shape index (κ2) is 8.66. The number of nitrogens with one attached hydrogen (secondary N) is 1. The van der Waals surface area contributed by atoms with Gasteiger partial charge < -0.3 is 14.2 Å². The molecule has 0 aliphatic heterocycles. The lowest BCUT2D eigenvalue weighted by molar-refractivity contribution is 0.0586. The number of nitrogens with zero attached hydrogens (tertiary/aromatic N) is 2. The van der Waals surface area contributed by atoms with Crippen molar-refractivity contribution in [1.82, 2.24) is 15.2 Å². The topological polar surface area (TPSA) is 86.3 Å². The second-order valence-corrected chi connectivity index (χ2v) is 2.30. The van der Waals surface area contributed by atoms with Crippen molar-refractivity contribution in [3.8, 4) is 6.01 Å². The molecule has 0 unspecified atom stereocenters. The fourth-order valence-electron chi connectivity index (χ4n) is 0.715. The zero-order valence-corrected chi connectivity index (χ0v) is 9.94. The summed E-state index contributed by atoms with van der Waals surface area (Å²) in [7, 11) is 2.82. The van der Waals surface area contributed by atoms with Crippen LogP contribution in [0.4, 0.5) is 0 Å². The van der Waals surface area contributed by atoms with Gasteiger partial charge in [-0.25, -0.2) is 4.79 Å². The fraction of sp³-hybridized carbons (Fsp3) is 0.667. The predicted octanol–water partition coefficient (Wildman–Crippen LogP) is 0.643. The summed E-state index contributed by atoms with van der Waals surface area (Å²) in [5.74, 6) is -0.570. The van der Waals surface area contributed by atoms with E-state index in [1.165, 1.54) is 7.11 Å². The number of ether oxygens (including phenoxy) is 3. The molecule has 0 saturated carbocycles. The van der Waals surface area contributed by atoms with Gasteiger partial charge in [0.2, 0.25) is 5.82 Å². The summed E-state index contributed by atoms with van der Waals surface area (Å²) in [4.78, 5) is 14.7. The Kier molecular flexibility index (Phi) is 7.78. The van der Waals surface area contributed by atoms with Crippen LogP contribution in [0.3, 0.4) is 0 Å². The number of rotatable bonds is 5. The van der Waals surface area contributed by atoms with Crippen LogP contribution in [0.25, 0.3) is 0 Å². The number of methoxy groups -OCH3 is 2. The highest BCUT2D eigenvalue weighted by Gasteiger charge is 2.11. The molecule has 16 heavy (non-hydrogen) atoms. The monoisotopic (exact) mass is 231 g/mol. The Morgan fingerprint density at radius 1 is 1.31 bits per heavy atom. The van der Waals surface area contributed by atoms with Crippen LogP contribution in [0, 0.1) is 0 Å². The first kappa shape index (κ1) is 14.4. The lowest BCUT2D eigenvalue weighted by Crippen LogP contribution is -2.06. The lowest BCUT2D eigenvalue weighted by Gasteiger charge is -1.98. The van der Waals surface area contributed by atoms with E-state index in [4.69, 9.17) is 9.47 Å². The number of aromatic nitrogens is 3. The number of aromatic amines is 1. The Morgan fingerprint density at radius 2 is 2.00 bits per heavy atom. The molecule has 0 fully saturated rings. The number of hydrogen-bond acceptors (Lipinski definition) is 6. The van der Waals surface area contributed by atoms with Crippen molar-refractivity contribution in [3.05, 3.63) is 5.82 Å². The molecular weight excluding hydrogens is 214 g/mol. The predicted molar refractivity (Wildman–Crippen MR) is 56.4 cm³/mol. The van der Waals surface area contributed by atoms with Gasteiger partial charge in [0.05, 0.1) is 13.7 Å². The third-order valence-corrected chi connectivity index (χ3v) is 1.36. The number of carbonyl (C=O) groups excluding carboxylic acids is 1. The van der Waals surface area contributed by atoms with Gasteiger partial charge in [-0.3, -0.25) is 5.10 Å². The van der Waals surface area contributed by atoms with Gasteiger partial charge in [0, 0.05) is 7.11 Å². The molecule has 0 aliphatic rings. The summed E-state index contributed by atoms with van der Waals surface area (Å²) < 4.78 is 14.2. The van der Waals surface area contributed by atoms with Crippen molar-refractivity contribution < 1.29 is 19.0 Å². The molecule has 1 rings (SSSR count). The van der Waals surface area contributed by atoms with Gasteiger partial charge in [-0.15, -0.1) is 5.10 Å². The SMILES string of the molecule is CC.COCCOc1n[nH]c(C(=O)OC)n1. The first-order valence-corrected chi connectivity index (χ1v) is 4.90. The molecule has 92 valence electrons. The van der Waals surface area contributed by atoms with Crippen LogP contribution < -0.4 is 4.74 Å². The lowest BCUT2D eigenvalue weighted by atomic mass is 10.6. The molecule has 0 radical (unpaired) electrons. The van der Waals surface area contributed by atoms with Gasteiger partial charge in [0.15, 0.2) is 0 Å². The van der Waals surface area contributed by atoms with Gasteiger partial charge in [-0.1, -0.05) is 13.8 Å². The average molecular weight is 231 g/mol. The first-order chi connectivity index (χ1) is 7.77. The van der Waals surface area contributed by atoms with Crippen molar-refractivity contribution in [1.29, 1.82) is 0 Å². The average Bonchev–Trinajstić information content (AvgIpc) is 2.80. The smallest absolute Gasteiger partial charge is 0.375 e. The number of H-pyrrole nitrogens is 1. The summed E-state index contributed by atoms with van der Waals surface area (Å²) >= 11 is 0. The van der Waals surface area contributed by atoms with Gasteiger partial charge in [-0.2, -0.15) is 4.98 Å².